The number of rotatable bonds is 6. The highest BCUT2D eigenvalue weighted by atomic mass is 16.5. The monoisotopic (exact) mass is 172 g/mol. The van der Waals surface area contributed by atoms with E-state index in [1.54, 1.807) is 18.0 Å². The fourth-order valence-electron chi connectivity index (χ4n) is 0.648. The summed E-state index contributed by atoms with van der Waals surface area (Å²) in [6.07, 6.45) is 1.67. The maximum atomic E-state index is 11.1. The van der Waals surface area contributed by atoms with Gasteiger partial charge in [-0.3, -0.25) is 4.79 Å². The molecule has 0 heterocycles. The lowest BCUT2D eigenvalue weighted by Crippen LogP contribution is -2.31. The maximum absolute atomic E-state index is 11.1. The number of nitrogens with two attached hydrogens (primary N) is 1. The quantitative estimate of drug-likeness (QED) is 0.438. The van der Waals surface area contributed by atoms with Crippen molar-refractivity contribution in [2.45, 2.75) is 0 Å². The van der Waals surface area contributed by atoms with Gasteiger partial charge in [0.05, 0.1) is 6.61 Å². The molecule has 12 heavy (non-hydrogen) atoms. The highest BCUT2D eigenvalue weighted by molar-refractivity contribution is 5.77. The van der Waals surface area contributed by atoms with Crippen molar-refractivity contribution in [3.8, 4) is 0 Å². The summed E-state index contributed by atoms with van der Waals surface area (Å²) in [7, 11) is 1.70. The predicted octanol–water partition coefficient (Wildman–Crippen LogP) is -0.394. The number of amides is 1. The molecule has 2 N–H and O–H groups in total. The highest BCUT2D eigenvalue weighted by Gasteiger charge is 2.05. The average molecular weight is 172 g/mol. The molecule has 0 aromatic rings. The lowest BCUT2D eigenvalue weighted by molar-refractivity contribution is -0.134. The largest absolute Gasteiger partial charge is 0.370 e. The SMILES string of the molecule is C=CCN(C)C(=O)COCCN. The first-order valence-electron chi connectivity index (χ1n) is 3.85. The van der Waals surface area contributed by atoms with Crippen LogP contribution in [0, 0.1) is 0 Å². The molecule has 0 aliphatic heterocycles. The third-order valence-corrected chi connectivity index (χ3v) is 1.32. The Morgan fingerprint density at radius 2 is 2.42 bits per heavy atom. The van der Waals surface area contributed by atoms with Crippen molar-refractivity contribution >= 4 is 5.91 Å². The molecule has 0 atom stereocenters. The van der Waals surface area contributed by atoms with Crippen molar-refractivity contribution in [3.63, 3.8) is 0 Å². The fourth-order valence-corrected chi connectivity index (χ4v) is 0.648. The minimum Gasteiger partial charge on any atom is -0.370 e. The average Bonchev–Trinajstić information content (AvgIpc) is 2.05. The zero-order valence-corrected chi connectivity index (χ0v) is 7.45. The zero-order valence-electron chi connectivity index (χ0n) is 7.45. The summed E-state index contributed by atoms with van der Waals surface area (Å²) in [4.78, 5) is 12.7. The molecular weight excluding hydrogens is 156 g/mol. The van der Waals surface area contributed by atoms with Gasteiger partial charge in [-0.25, -0.2) is 0 Å². The van der Waals surface area contributed by atoms with Crippen LogP contribution in [0.3, 0.4) is 0 Å². The van der Waals surface area contributed by atoms with Gasteiger partial charge in [-0.15, -0.1) is 6.58 Å². The minimum absolute atomic E-state index is 0.0525. The van der Waals surface area contributed by atoms with Crippen molar-refractivity contribution in [3.05, 3.63) is 12.7 Å². The first-order chi connectivity index (χ1) is 5.72. The van der Waals surface area contributed by atoms with Crippen LogP contribution in [0.25, 0.3) is 0 Å². The molecule has 0 aromatic carbocycles. The zero-order chi connectivity index (χ0) is 9.40. The Balaban J connectivity index is 3.49. The Labute approximate surface area is 73.0 Å². The third-order valence-electron chi connectivity index (χ3n) is 1.32. The van der Waals surface area contributed by atoms with E-state index in [1.807, 2.05) is 0 Å². The first-order valence-corrected chi connectivity index (χ1v) is 3.85. The van der Waals surface area contributed by atoms with Crippen molar-refractivity contribution in [2.24, 2.45) is 5.73 Å². The van der Waals surface area contributed by atoms with E-state index >= 15 is 0 Å². The Bertz CT molecular complexity index is 148. The van der Waals surface area contributed by atoms with Gasteiger partial charge in [-0.1, -0.05) is 6.08 Å². The standard InChI is InChI=1S/C8H16N2O2/c1-3-5-10(2)8(11)7-12-6-4-9/h3H,1,4-7,9H2,2H3. The van der Waals surface area contributed by atoms with Crippen molar-refractivity contribution in [1.29, 1.82) is 0 Å². The smallest absolute Gasteiger partial charge is 0.248 e. The van der Waals surface area contributed by atoms with Crippen molar-refractivity contribution < 1.29 is 9.53 Å². The van der Waals surface area contributed by atoms with Gasteiger partial charge >= 0.3 is 0 Å². The van der Waals surface area contributed by atoms with Gasteiger partial charge in [0, 0.05) is 20.1 Å². The van der Waals surface area contributed by atoms with Gasteiger partial charge < -0.3 is 15.4 Å². The van der Waals surface area contributed by atoms with E-state index in [0.717, 1.165) is 0 Å². The van der Waals surface area contributed by atoms with Crippen LogP contribution in [0.15, 0.2) is 12.7 Å². The van der Waals surface area contributed by atoms with Gasteiger partial charge in [0.2, 0.25) is 5.91 Å². The molecule has 0 saturated heterocycles. The molecule has 0 radical (unpaired) electrons. The molecule has 0 aromatic heterocycles. The Morgan fingerprint density at radius 1 is 1.75 bits per heavy atom. The van der Waals surface area contributed by atoms with Gasteiger partial charge in [-0.2, -0.15) is 0 Å². The molecule has 0 spiro atoms. The summed E-state index contributed by atoms with van der Waals surface area (Å²) >= 11 is 0. The van der Waals surface area contributed by atoms with E-state index in [-0.39, 0.29) is 12.5 Å². The van der Waals surface area contributed by atoms with E-state index in [4.69, 9.17) is 10.5 Å². The Kier molecular flexibility index (Phi) is 6.32. The van der Waals surface area contributed by atoms with Gasteiger partial charge in [0.25, 0.3) is 0 Å². The summed E-state index contributed by atoms with van der Waals surface area (Å²) in [6, 6.07) is 0. The number of nitrogens with zero attached hydrogens (tertiary/aromatic N) is 1. The number of carbonyl (C=O) groups excluding carboxylic acids is 1. The minimum atomic E-state index is -0.0525. The summed E-state index contributed by atoms with van der Waals surface area (Å²) in [5, 5.41) is 0. The number of carbonyl (C=O) groups is 1. The molecule has 4 heteroatoms. The third kappa shape index (κ3) is 4.87. The van der Waals surface area contributed by atoms with Crippen LogP contribution in [0.4, 0.5) is 0 Å². The Morgan fingerprint density at radius 3 is 2.92 bits per heavy atom. The van der Waals surface area contributed by atoms with E-state index in [0.29, 0.717) is 19.7 Å². The van der Waals surface area contributed by atoms with Crippen LogP contribution in [-0.2, 0) is 9.53 Å². The lowest BCUT2D eigenvalue weighted by atomic mass is 10.5. The van der Waals surface area contributed by atoms with Crippen LogP contribution in [0.2, 0.25) is 0 Å². The molecule has 0 fully saturated rings. The molecule has 0 aliphatic carbocycles. The molecule has 0 unspecified atom stereocenters. The molecule has 4 nitrogen and oxygen atoms in total. The van der Waals surface area contributed by atoms with E-state index < -0.39 is 0 Å². The van der Waals surface area contributed by atoms with Crippen molar-refractivity contribution in [1.82, 2.24) is 4.90 Å². The molecular formula is C8H16N2O2. The van der Waals surface area contributed by atoms with E-state index in [2.05, 4.69) is 6.58 Å². The maximum Gasteiger partial charge on any atom is 0.248 e. The number of likely N-dealkylation sites (N-methyl/N-ethyl adjacent to an activating group) is 1. The summed E-state index contributed by atoms with van der Waals surface area (Å²) in [5.41, 5.74) is 5.18. The molecule has 0 saturated carbocycles. The second-order valence-corrected chi connectivity index (χ2v) is 2.40. The molecule has 0 bridgehead atoms. The van der Waals surface area contributed by atoms with Crippen LogP contribution < -0.4 is 5.73 Å². The summed E-state index contributed by atoms with van der Waals surface area (Å²) < 4.78 is 4.96. The van der Waals surface area contributed by atoms with Crippen molar-refractivity contribution in [2.75, 3.05) is 33.4 Å². The van der Waals surface area contributed by atoms with Crippen LogP contribution in [0.5, 0.6) is 0 Å². The Hall–Kier alpha value is -0.870. The van der Waals surface area contributed by atoms with Crippen LogP contribution >= 0.6 is 0 Å². The second kappa shape index (κ2) is 6.82. The van der Waals surface area contributed by atoms with Gasteiger partial charge in [0.15, 0.2) is 0 Å². The number of hydrogen-bond donors (Lipinski definition) is 1. The number of ether oxygens (including phenoxy) is 1. The van der Waals surface area contributed by atoms with Gasteiger partial charge in [-0.05, 0) is 0 Å². The molecule has 70 valence electrons. The molecule has 1 amide bonds. The topological polar surface area (TPSA) is 55.6 Å². The lowest BCUT2D eigenvalue weighted by Gasteiger charge is -2.14. The normalized spacial score (nSPS) is 9.50. The van der Waals surface area contributed by atoms with Crippen LogP contribution in [-0.4, -0.2) is 44.2 Å². The summed E-state index contributed by atoms with van der Waals surface area (Å²) in [6.45, 7) is 5.04. The van der Waals surface area contributed by atoms with E-state index in [9.17, 15) is 4.79 Å². The highest BCUT2D eigenvalue weighted by Crippen LogP contribution is 1.86. The molecule has 0 aliphatic rings. The van der Waals surface area contributed by atoms with E-state index in [1.165, 1.54) is 0 Å². The van der Waals surface area contributed by atoms with Gasteiger partial charge in [0.1, 0.15) is 6.61 Å². The number of hydrogen-bond acceptors (Lipinski definition) is 3. The predicted molar refractivity (Wildman–Crippen MR) is 47.7 cm³/mol. The fraction of sp³-hybridized carbons (Fsp3) is 0.625. The summed E-state index contributed by atoms with van der Waals surface area (Å²) in [5.74, 6) is -0.0525. The van der Waals surface area contributed by atoms with Crippen LogP contribution in [0.1, 0.15) is 0 Å². The molecule has 0 rings (SSSR count). The second-order valence-electron chi connectivity index (χ2n) is 2.40. The first kappa shape index (κ1) is 11.1.